The Labute approximate surface area is 160 Å². The summed E-state index contributed by atoms with van der Waals surface area (Å²) in [7, 11) is 1.07. The molecule has 2 aliphatic heterocycles. The number of hydrogen-bond acceptors (Lipinski definition) is 8. The minimum absolute atomic E-state index is 0.000272. The number of fused-ring (bicyclic) bond motifs is 3. The fourth-order valence-electron chi connectivity index (χ4n) is 4.92. The molecule has 2 saturated heterocycles. The number of methoxy groups -OCH3 is 1. The van der Waals surface area contributed by atoms with Gasteiger partial charge in [0.15, 0.2) is 5.79 Å². The number of imide groups is 3. The van der Waals surface area contributed by atoms with Crippen molar-refractivity contribution in [2.45, 2.75) is 24.7 Å². The second-order valence-electron chi connectivity index (χ2n) is 7.49. The number of phenolic OH excluding ortho intramolecular Hbond substituents is 1. The van der Waals surface area contributed by atoms with E-state index in [1.165, 1.54) is 6.07 Å². The van der Waals surface area contributed by atoms with Crippen molar-refractivity contribution < 1.29 is 39.2 Å². The van der Waals surface area contributed by atoms with Crippen molar-refractivity contribution in [2.75, 3.05) is 13.7 Å². The van der Waals surface area contributed by atoms with Gasteiger partial charge < -0.3 is 24.8 Å². The van der Waals surface area contributed by atoms with Crippen molar-refractivity contribution in [2.24, 2.45) is 23.7 Å². The summed E-state index contributed by atoms with van der Waals surface area (Å²) in [6.45, 7) is -0.455. The van der Waals surface area contributed by atoms with E-state index in [9.17, 15) is 29.7 Å². The van der Waals surface area contributed by atoms with Gasteiger partial charge in [0.2, 0.25) is 11.8 Å². The Bertz CT molecular complexity index is 841. The molecule has 1 aromatic rings. The Balaban J connectivity index is 1.73. The number of amides is 3. The van der Waals surface area contributed by atoms with Gasteiger partial charge in [0.1, 0.15) is 5.75 Å². The van der Waals surface area contributed by atoms with Gasteiger partial charge in [-0.2, -0.15) is 4.90 Å². The average molecular weight is 391 g/mol. The van der Waals surface area contributed by atoms with Crippen LogP contribution in [0.4, 0.5) is 4.79 Å². The summed E-state index contributed by atoms with van der Waals surface area (Å²) in [4.78, 5) is 37.9. The topological polar surface area (TPSA) is 134 Å². The van der Waals surface area contributed by atoms with E-state index in [-0.39, 0.29) is 18.6 Å². The van der Waals surface area contributed by atoms with Gasteiger partial charge in [-0.15, -0.1) is 0 Å². The Kier molecular flexibility index (Phi) is 4.40. The fraction of sp³-hybridized carbons (Fsp3) is 0.526. The molecule has 1 aliphatic carbocycles. The molecular formula is C19H21NO8. The molecule has 9 heteroatoms. The smallest absolute Gasteiger partial charge is 0.423 e. The minimum Gasteiger partial charge on any atom is -0.508 e. The number of carbonyl (C=O) groups is 3. The van der Waals surface area contributed by atoms with Crippen LogP contribution in [0.3, 0.4) is 0 Å². The van der Waals surface area contributed by atoms with Crippen LogP contribution < -0.4 is 0 Å². The van der Waals surface area contributed by atoms with Crippen LogP contribution in [0, 0.1) is 23.7 Å². The number of hydrogen-bond donors (Lipinski definition) is 3. The maximum absolute atomic E-state index is 12.9. The first kappa shape index (κ1) is 18.9. The molecule has 6 atom stereocenters. The molecule has 9 nitrogen and oxygen atoms in total. The first-order valence-electron chi connectivity index (χ1n) is 9.08. The predicted molar refractivity (Wildman–Crippen MR) is 91.4 cm³/mol. The fourth-order valence-corrected chi connectivity index (χ4v) is 4.92. The number of para-hydroxylation sites is 1. The van der Waals surface area contributed by atoms with Gasteiger partial charge in [-0.05, 0) is 18.9 Å². The molecule has 0 radical (unpaired) electrons. The van der Waals surface area contributed by atoms with Crippen LogP contribution in [-0.2, 0) is 19.1 Å². The summed E-state index contributed by atoms with van der Waals surface area (Å²) in [5, 5.41) is 31.2. The maximum atomic E-state index is 12.9. The van der Waals surface area contributed by atoms with Gasteiger partial charge in [0.05, 0.1) is 31.7 Å². The van der Waals surface area contributed by atoms with Gasteiger partial charge >= 0.3 is 6.09 Å². The lowest BCUT2D eigenvalue weighted by Gasteiger charge is -2.43. The first-order chi connectivity index (χ1) is 13.3. The number of nitrogens with zero attached hydrogens (tertiary/aromatic N) is 1. The number of benzene rings is 1. The number of aliphatic hydroxyl groups is 2. The highest BCUT2D eigenvalue weighted by Gasteiger charge is 2.67. The van der Waals surface area contributed by atoms with Crippen molar-refractivity contribution in [3.05, 3.63) is 29.8 Å². The van der Waals surface area contributed by atoms with E-state index in [1.54, 1.807) is 18.2 Å². The van der Waals surface area contributed by atoms with Crippen LogP contribution in [0.1, 0.15) is 24.5 Å². The molecule has 0 spiro atoms. The summed E-state index contributed by atoms with van der Waals surface area (Å²) in [6.07, 6.45) is -1.64. The van der Waals surface area contributed by atoms with Gasteiger partial charge in [-0.1, -0.05) is 18.2 Å². The summed E-state index contributed by atoms with van der Waals surface area (Å²) < 4.78 is 10.4. The van der Waals surface area contributed by atoms with Gasteiger partial charge in [-0.25, -0.2) is 4.79 Å². The summed E-state index contributed by atoms with van der Waals surface area (Å²) >= 11 is 0. The summed E-state index contributed by atoms with van der Waals surface area (Å²) in [6, 6.07) is 6.49. The van der Waals surface area contributed by atoms with Crippen molar-refractivity contribution in [1.82, 2.24) is 4.90 Å². The lowest BCUT2D eigenvalue weighted by molar-refractivity contribution is -0.274. The van der Waals surface area contributed by atoms with Gasteiger partial charge in [0.25, 0.3) is 0 Å². The third-order valence-electron chi connectivity index (χ3n) is 6.23. The second-order valence-corrected chi connectivity index (χ2v) is 7.49. The van der Waals surface area contributed by atoms with Crippen LogP contribution in [-0.4, -0.2) is 57.6 Å². The van der Waals surface area contributed by atoms with Crippen molar-refractivity contribution in [3.63, 3.8) is 0 Å². The number of carbonyl (C=O) groups excluding carboxylic acids is 3. The molecule has 28 heavy (non-hydrogen) atoms. The third kappa shape index (κ3) is 2.47. The van der Waals surface area contributed by atoms with Crippen molar-refractivity contribution in [1.29, 1.82) is 0 Å². The van der Waals surface area contributed by atoms with Crippen LogP contribution in [0.5, 0.6) is 5.75 Å². The lowest BCUT2D eigenvalue weighted by atomic mass is 9.64. The zero-order valence-corrected chi connectivity index (χ0v) is 15.1. The zero-order chi connectivity index (χ0) is 20.2. The average Bonchev–Trinajstić information content (AvgIpc) is 3.15. The van der Waals surface area contributed by atoms with Crippen LogP contribution >= 0.6 is 0 Å². The van der Waals surface area contributed by atoms with E-state index in [0.29, 0.717) is 10.5 Å². The highest BCUT2D eigenvalue weighted by Crippen LogP contribution is 2.58. The molecule has 3 fully saturated rings. The predicted octanol–water partition coefficient (Wildman–Crippen LogP) is 0.538. The molecule has 0 unspecified atom stereocenters. The highest BCUT2D eigenvalue weighted by atomic mass is 16.6. The van der Waals surface area contributed by atoms with Crippen LogP contribution in [0.25, 0.3) is 0 Å². The molecule has 4 rings (SSSR count). The van der Waals surface area contributed by atoms with Gasteiger partial charge in [-0.3, -0.25) is 9.59 Å². The maximum Gasteiger partial charge on any atom is 0.423 e. The molecule has 1 saturated carbocycles. The largest absolute Gasteiger partial charge is 0.508 e. The number of aromatic hydroxyl groups is 1. The van der Waals surface area contributed by atoms with Crippen LogP contribution in [0.15, 0.2) is 24.3 Å². The number of phenols is 1. The summed E-state index contributed by atoms with van der Waals surface area (Å²) in [5.41, 5.74) is 0.445. The van der Waals surface area contributed by atoms with E-state index in [0.717, 1.165) is 7.11 Å². The normalized spacial score (nSPS) is 37.0. The third-order valence-corrected chi connectivity index (χ3v) is 6.23. The zero-order valence-electron chi connectivity index (χ0n) is 15.1. The number of likely N-dealkylation sites (tertiary alicyclic amines) is 1. The molecule has 0 bridgehead atoms. The Morgan fingerprint density at radius 2 is 2.00 bits per heavy atom. The molecule has 3 aliphatic rings. The number of aliphatic hydroxyl groups excluding tert-OH is 1. The molecule has 3 N–H and O–H groups in total. The van der Waals surface area contributed by atoms with E-state index < -0.39 is 60.1 Å². The molecule has 2 heterocycles. The lowest BCUT2D eigenvalue weighted by Crippen LogP contribution is -2.54. The SMILES string of the molecule is COC(=O)N1C(=O)[C@H]2[C@H](C[C@H](CO)[C@@]3(O)O[C@H](c4ccccc4O)C[C@@H]23)C1=O. The van der Waals surface area contributed by atoms with E-state index in [2.05, 4.69) is 4.74 Å². The second kappa shape index (κ2) is 6.54. The monoisotopic (exact) mass is 391 g/mol. The van der Waals surface area contributed by atoms with Gasteiger partial charge in [0, 0.05) is 17.4 Å². The highest BCUT2D eigenvalue weighted by molar-refractivity contribution is 6.15. The summed E-state index contributed by atoms with van der Waals surface area (Å²) in [5.74, 6) is -6.74. The van der Waals surface area contributed by atoms with Crippen molar-refractivity contribution in [3.8, 4) is 5.75 Å². The first-order valence-corrected chi connectivity index (χ1v) is 9.08. The Hall–Kier alpha value is -2.49. The standard InChI is InChI=1S/C19H21NO8/c1-27-18(25)20-16(23)11-6-9(8-21)19(26)12(15(11)17(20)24)7-14(28-19)10-4-2-3-5-13(10)22/h2-5,9,11-12,14-15,21-22,26H,6-8H2,1H3/t9-,11+,12+,14+,15+,19-/m1/s1. The molecular weight excluding hydrogens is 370 g/mol. The molecule has 3 amide bonds. The molecule has 150 valence electrons. The molecule has 0 aromatic heterocycles. The Morgan fingerprint density at radius 3 is 2.64 bits per heavy atom. The van der Waals surface area contributed by atoms with Crippen LogP contribution in [0.2, 0.25) is 0 Å². The Morgan fingerprint density at radius 1 is 1.29 bits per heavy atom. The van der Waals surface area contributed by atoms with E-state index >= 15 is 0 Å². The quantitative estimate of drug-likeness (QED) is 0.622. The minimum atomic E-state index is -1.86. The molecule has 1 aromatic carbocycles. The number of rotatable bonds is 2. The van der Waals surface area contributed by atoms with E-state index in [4.69, 9.17) is 4.74 Å². The number of ether oxygens (including phenoxy) is 2. The van der Waals surface area contributed by atoms with Crippen molar-refractivity contribution >= 4 is 17.9 Å². The van der Waals surface area contributed by atoms with E-state index in [1.807, 2.05) is 0 Å².